The Hall–Kier alpha value is -2.79. The summed E-state index contributed by atoms with van der Waals surface area (Å²) in [5, 5.41) is 20.8. The lowest BCUT2D eigenvalue weighted by molar-refractivity contribution is -0.148. The molecule has 1 unspecified atom stereocenters. The van der Waals surface area contributed by atoms with Crippen molar-refractivity contribution >= 4 is 20.6 Å². The highest BCUT2D eigenvalue weighted by Gasteiger charge is 2.55. The van der Waals surface area contributed by atoms with Gasteiger partial charge in [-0.1, -0.05) is 12.1 Å². The molecule has 0 bridgehead atoms. The SMILES string of the molecule is CC(C)OC(=O)[C@H](C)N(POC[C@H]1O[C@@H](n2ccc(=O)[nH]c2=O)[C@](C)(F)[C@@H]1O)c1ccccc1O. The molecule has 3 N–H and O–H groups in total. The van der Waals surface area contributed by atoms with Crippen molar-refractivity contribution in [2.45, 2.75) is 63.9 Å². The number of aliphatic hydroxyl groups excluding tert-OH is 1. The zero-order valence-electron chi connectivity index (χ0n) is 19.7. The van der Waals surface area contributed by atoms with Crippen LogP contribution in [0, 0.1) is 0 Å². The molecule has 6 atom stereocenters. The summed E-state index contributed by atoms with van der Waals surface area (Å²) in [6.07, 6.45) is -3.59. The van der Waals surface area contributed by atoms with E-state index in [9.17, 15) is 24.6 Å². The fourth-order valence-corrected chi connectivity index (χ4v) is 4.52. The molecule has 0 amide bonds. The smallest absolute Gasteiger partial charge is 0.330 e. The number of rotatable bonds is 9. The number of nitrogens with zero attached hydrogens (tertiary/aromatic N) is 2. The Morgan fingerprint density at radius 1 is 1.31 bits per heavy atom. The number of esters is 1. The number of benzene rings is 1. The fraction of sp³-hybridized carbons (Fsp3) is 0.500. The monoisotopic (exact) mass is 513 g/mol. The van der Waals surface area contributed by atoms with Gasteiger partial charge in [0, 0.05) is 12.3 Å². The Morgan fingerprint density at radius 3 is 2.63 bits per heavy atom. The molecule has 0 radical (unpaired) electrons. The molecule has 0 aliphatic carbocycles. The van der Waals surface area contributed by atoms with Crippen molar-refractivity contribution < 1.29 is 33.4 Å². The molecule has 1 fully saturated rings. The lowest BCUT2D eigenvalue weighted by atomic mass is 9.98. The van der Waals surface area contributed by atoms with E-state index in [2.05, 4.69) is 0 Å². The number of phenolic OH excluding ortho intramolecular Hbond substituents is 1. The summed E-state index contributed by atoms with van der Waals surface area (Å²) in [5.41, 5.74) is -3.59. The lowest BCUT2D eigenvalue weighted by Crippen LogP contribution is -2.43. The molecule has 1 aliphatic rings. The molecule has 1 saturated heterocycles. The highest BCUT2D eigenvalue weighted by atomic mass is 31.1. The van der Waals surface area contributed by atoms with E-state index in [0.717, 1.165) is 23.8 Å². The third-order valence-corrected chi connectivity index (χ3v) is 6.57. The number of nitrogens with one attached hydrogen (secondary N) is 1. The summed E-state index contributed by atoms with van der Waals surface area (Å²) in [4.78, 5) is 38.0. The molecule has 2 aromatic rings. The minimum atomic E-state index is -2.37. The molecule has 35 heavy (non-hydrogen) atoms. The van der Waals surface area contributed by atoms with E-state index in [-0.39, 0.29) is 18.5 Å². The Kier molecular flexibility index (Phi) is 8.32. The van der Waals surface area contributed by atoms with Gasteiger partial charge in [-0.2, -0.15) is 0 Å². The number of phenols is 1. The normalized spacial score (nSPS) is 25.3. The van der Waals surface area contributed by atoms with E-state index in [1.807, 2.05) is 4.98 Å². The summed E-state index contributed by atoms with van der Waals surface area (Å²) >= 11 is 0. The number of hydrogen-bond acceptors (Lipinski definition) is 9. The Balaban J connectivity index is 1.75. The van der Waals surface area contributed by atoms with E-state index in [0.29, 0.717) is 5.69 Å². The number of aliphatic hydroxyl groups is 1. The van der Waals surface area contributed by atoms with Crippen LogP contribution in [0.4, 0.5) is 10.1 Å². The first-order chi connectivity index (χ1) is 16.4. The Morgan fingerprint density at radius 2 is 2.00 bits per heavy atom. The van der Waals surface area contributed by atoms with Crippen LogP contribution in [0.1, 0.15) is 33.9 Å². The van der Waals surface area contributed by atoms with Crippen LogP contribution in [-0.2, 0) is 18.8 Å². The molecule has 1 aromatic heterocycles. The molecular weight excluding hydrogens is 484 g/mol. The van der Waals surface area contributed by atoms with Crippen molar-refractivity contribution in [3.8, 4) is 5.75 Å². The molecule has 1 aliphatic heterocycles. The minimum absolute atomic E-state index is 0.0845. The summed E-state index contributed by atoms with van der Waals surface area (Å²) in [7, 11) is -0.537. The predicted octanol–water partition coefficient (Wildman–Crippen LogP) is 1.60. The van der Waals surface area contributed by atoms with Crippen LogP contribution in [0.2, 0.25) is 0 Å². The van der Waals surface area contributed by atoms with Crippen molar-refractivity contribution in [3.63, 3.8) is 0 Å². The molecule has 11 nitrogen and oxygen atoms in total. The number of hydrogen-bond donors (Lipinski definition) is 3. The molecule has 2 heterocycles. The van der Waals surface area contributed by atoms with Crippen LogP contribution in [0.5, 0.6) is 5.75 Å². The van der Waals surface area contributed by atoms with Crippen molar-refractivity contribution in [3.05, 3.63) is 57.4 Å². The number of anilines is 1. The average Bonchev–Trinajstić information content (AvgIpc) is 3.00. The van der Waals surface area contributed by atoms with Gasteiger partial charge in [0.1, 0.15) is 33.0 Å². The van der Waals surface area contributed by atoms with E-state index in [1.165, 1.54) is 10.7 Å². The fourth-order valence-electron chi connectivity index (χ4n) is 3.59. The van der Waals surface area contributed by atoms with Crippen molar-refractivity contribution in [2.75, 3.05) is 11.3 Å². The molecule has 0 spiro atoms. The van der Waals surface area contributed by atoms with Gasteiger partial charge in [0.25, 0.3) is 5.56 Å². The van der Waals surface area contributed by atoms with Crippen LogP contribution < -0.4 is 15.9 Å². The van der Waals surface area contributed by atoms with E-state index >= 15 is 4.39 Å². The topological polar surface area (TPSA) is 143 Å². The number of H-pyrrole nitrogens is 1. The van der Waals surface area contributed by atoms with Crippen LogP contribution in [-0.4, -0.2) is 62.4 Å². The molecule has 13 heteroatoms. The Bertz CT molecular complexity index is 1150. The van der Waals surface area contributed by atoms with Crippen molar-refractivity contribution in [1.82, 2.24) is 9.55 Å². The van der Waals surface area contributed by atoms with Crippen LogP contribution in [0.15, 0.2) is 46.1 Å². The van der Waals surface area contributed by atoms with Gasteiger partial charge in [0.15, 0.2) is 11.9 Å². The van der Waals surface area contributed by atoms with E-state index in [4.69, 9.17) is 14.0 Å². The maximum Gasteiger partial charge on any atom is 0.330 e. The number of carbonyl (C=O) groups is 1. The Labute approximate surface area is 202 Å². The number of alkyl halides is 1. The molecule has 0 saturated carbocycles. The average molecular weight is 513 g/mol. The summed E-state index contributed by atoms with van der Waals surface area (Å²) in [6.45, 7) is 5.81. The van der Waals surface area contributed by atoms with Gasteiger partial charge in [0.05, 0.1) is 18.4 Å². The van der Waals surface area contributed by atoms with Crippen LogP contribution in [0.3, 0.4) is 0 Å². The van der Waals surface area contributed by atoms with Gasteiger partial charge >= 0.3 is 11.7 Å². The third-order valence-electron chi connectivity index (χ3n) is 5.45. The van der Waals surface area contributed by atoms with E-state index in [1.54, 1.807) is 39.0 Å². The number of aromatic hydroxyl groups is 1. The third kappa shape index (κ3) is 5.90. The first-order valence-electron chi connectivity index (χ1n) is 10.9. The minimum Gasteiger partial charge on any atom is -0.506 e. The maximum atomic E-state index is 15.4. The van der Waals surface area contributed by atoms with E-state index < -0.39 is 56.3 Å². The number of aromatic amines is 1. The number of halogens is 1. The van der Waals surface area contributed by atoms with Crippen molar-refractivity contribution in [1.29, 1.82) is 0 Å². The van der Waals surface area contributed by atoms with Gasteiger partial charge < -0.3 is 28.9 Å². The second kappa shape index (κ2) is 10.9. The second-order valence-corrected chi connectivity index (χ2v) is 9.52. The van der Waals surface area contributed by atoms with Gasteiger partial charge in [-0.25, -0.2) is 14.0 Å². The molecular formula is C22H29FN3O8P. The number of carbonyl (C=O) groups excluding carboxylic acids is 1. The standard InChI is InChI=1S/C22H29FN3O8P/c1-12(2)33-19(30)13(3)26(14-7-5-6-8-15(14)27)35-32-11-16-18(29)22(4,23)20(34-16)25-10-9-17(28)24-21(25)31/h5-10,12-13,16,18,20,27,29,35H,11H2,1-4H3,(H,24,28,31)/t13-,16+,18+,20+,22+/m0/s1. The first-order valence-corrected chi connectivity index (χ1v) is 11.8. The van der Waals surface area contributed by atoms with Gasteiger partial charge in [0.2, 0.25) is 0 Å². The number of aromatic nitrogens is 2. The number of para-hydroxylation sites is 2. The maximum absolute atomic E-state index is 15.4. The number of ether oxygens (including phenoxy) is 2. The summed E-state index contributed by atoms with van der Waals surface area (Å²) in [5.74, 6) is -0.621. The quantitative estimate of drug-likeness (QED) is 0.337. The van der Waals surface area contributed by atoms with Crippen LogP contribution >= 0.6 is 8.96 Å². The van der Waals surface area contributed by atoms with Crippen LogP contribution in [0.25, 0.3) is 0 Å². The molecule has 1 aromatic carbocycles. The zero-order chi connectivity index (χ0) is 25.9. The van der Waals surface area contributed by atoms with Crippen molar-refractivity contribution in [2.24, 2.45) is 0 Å². The lowest BCUT2D eigenvalue weighted by Gasteiger charge is -2.30. The van der Waals surface area contributed by atoms with Gasteiger partial charge in [-0.3, -0.25) is 14.3 Å². The first kappa shape index (κ1) is 26.8. The molecule has 192 valence electrons. The second-order valence-electron chi connectivity index (χ2n) is 8.56. The van der Waals surface area contributed by atoms with Gasteiger partial charge in [-0.05, 0) is 39.8 Å². The zero-order valence-corrected chi connectivity index (χ0v) is 20.7. The summed E-state index contributed by atoms with van der Waals surface area (Å²) < 4.78 is 34.3. The highest BCUT2D eigenvalue weighted by Crippen LogP contribution is 2.42. The highest BCUT2D eigenvalue weighted by molar-refractivity contribution is 7.34. The molecule has 3 rings (SSSR count). The largest absolute Gasteiger partial charge is 0.506 e. The van der Waals surface area contributed by atoms with Gasteiger partial charge in [-0.15, -0.1) is 0 Å². The summed E-state index contributed by atoms with van der Waals surface area (Å²) in [6, 6.07) is 6.57. The predicted molar refractivity (Wildman–Crippen MR) is 126 cm³/mol.